The van der Waals surface area contributed by atoms with Gasteiger partial charge in [0.05, 0.1) is 13.4 Å². The molecule has 0 fully saturated rings. The summed E-state index contributed by atoms with van der Waals surface area (Å²) >= 11 is 1.89. The average molecular weight is 257 g/mol. The monoisotopic (exact) mass is 257 g/mol. The van der Waals surface area contributed by atoms with E-state index in [2.05, 4.69) is 23.9 Å². The highest BCUT2D eigenvalue weighted by atomic mass is 32.2. The Morgan fingerprint density at radius 2 is 2.41 bits per heavy atom. The van der Waals surface area contributed by atoms with Crippen LogP contribution >= 0.6 is 11.8 Å². The lowest BCUT2D eigenvalue weighted by molar-refractivity contribution is 0.0563. The molecule has 0 aliphatic rings. The summed E-state index contributed by atoms with van der Waals surface area (Å²) in [4.78, 5) is 11.4. The van der Waals surface area contributed by atoms with Crippen LogP contribution in [-0.2, 0) is 11.3 Å². The lowest BCUT2D eigenvalue weighted by Crippen LogP contribution is -2.28. The molecule has 1 atom stereocenters. The number of thioether (sulfide) groups is 1. The van der Waals surface area contributed by atoms with E-state index in [1.165, 1.54) is 13.4 Å². The average Bonchev–Trinajstić information content (AvgIpc) is 2.81. The van der Waals surface area contributed by atoms with Gasteiger partial charge in [-0.2, -0.15) is 11.8 Å². The highest BCUT2D eigenvalue weighted by molar-refractivity contribution is 7.99. The molecule has 0 amide bonds. The third-order valence-electron chi connectivity index (χ3n) is 2.33. The van der Waals surface area contributed by atoms with Gasteiger partial charge in [0.1, 0.15) is 0 Å². The Morgan fingerprint density at radius 1 is 1.65 bits per heavy atom. The minimum atomic E-state index is -0.428. The molecule has 0 spiro atoms. The van der Waals surface area contributed by atoms with E-state index in [4.69, 9.17) is 4.42 Å². The van der Waals surface area contributed by atoms with Crippen molar-refractivity contribution in [3.05, 3.63) is 23.7 Å². The molecule has 0 saturated heterocycles. The van der Waals surface area contributed by atoms with E-state index < -0.39 is 5.97 Å². The smallest absolute Gasteiger partial charge is 0.374 e. The lowest BCUT2D eigenvalue weighted by Gasteiger charge is -2.12. The zero-order valence-corrected chi connectivity index (χ0v) is 11.3. The molecule has 1 rings (SSSR count). The van der Waals surface area contributed by atoms with Crippen LogP contribution in [0.15, 0.2) is 16.7 Å². The zero-order valence-electron chi connectivity index (χ0n) is 10.5. The standard InChI is InChI=1S/C12H19NO3S/c1-4-17-8-9(2)13-7-10-5-6-16-11(10)12(14)15-3/h5-6,9,13H,4,7-8H2,1-3H3. The fraction of sp³-hybridized carbons (Fsp3) is 0.583. The summed E-state index contributed by atoms with van der Waals surface area (Å²) in [5.41, 5.74) is 0.838. The van der Waals surface area contributed by atoms with E-state index in [-0.39, 0.29) is 5.76 Å². The topological polar surface area (TPSA) is 51.5 Å². The third-order valence-corrected chi connectivity index (χ3v) is 3.47. The van der Waals surface area contributed by atoms with Crippen LogP contribution in [0.4, 0.5) is 0 Å². The summed E-state index contributed by atoms with van der Waals surface area (Å²) in [7, 11) is 1.35. The van der Waals surface area contributed by atoms with Gasteiger partial charge in [-0.1, -0.05) is 6.92 Å². The summed E-state index contributed by atoms with van der Waals surface area (Å²) in [6.45, 7) is 4.88. The van der Waals surface area contributed by atoms with Crippen LogP contribution in [0.1, 0.15) is 30.0 Å². The first-order valence-corrected chi connectivity index (χ1v) is 6.80. The van der Waals surface area contributed by atoms with Crippen molar-refractivity contribution in [3.63, 3.8) is 0 Å². The van der Waals surface area contributed by atoms with Gasteiger partial charge in [0.2, 0.25) is 5.76 Å². The first kappa shape index (κ1) is 14.1. The van der Waals surface area contributed by atoms with Gasteiger partial charge in [-0.25, -0.2) is 4.79 Å². The highest BCUT2D eigenvalue weighted by Gasteiger charge is 2.15. The van der Waals surface area contributed by atoms with Gasteiger partial charge < -0.3 is 14.5 Å². The third kappa shape index (κ3) is 4.44. The van der Waals surface area contributed by atoms with Crippen LogP contribution in [0.5, 0.6) is 0 Å². The summed E-state index contributed by atoms with van der Waals surface area (Å²) in [6, 6.07) is 2.19. The molecular formula is C12H19NO3S. The van der Waals surface area contributed by atoms with Crippen molar-refractivity contribution in [3.8, 4) is 0 Å². The molecule has 17 heavy (non-hydrogen) atoms. The maximum atomic E-state index is 11.4. The zero-order chi connectivity index (χ0) is 12.7. The lowest BCUT2D eigenvalue weighted by atomic mass is 10.2. The molecule has 0 radical (unpaired) electrons. The fourth-order valence-corrected chi connectivity index (χ4v) is 2.09. The number of carbonyl (C=O) groups is 1. The number of hydrogen-bond acceptors (Lipinski definition) is 5. The van der Waals surface area contributed by atoms with Gasteiger partial charge >= 0.3 is 5.97 Å². The molecule has 96 valence electrons. The second-order valence-corrected chi connectivity index (χ2v) is 5.03. The van der Waals surface area contributed by atoms with Gasteiger partial charge in [0.25, 0.3) is 0 Å². The molecule has 0 aliphatic heterocycles. The number of hydrogen-bond donors (Lipinski definition) is 1. The van der Waals surface area contributed by atoms with E-state index in [1.54, 1.807) is 6.07 Å². The van der Waals surface area contributed by atoms with Crippen LogP contribution < -0.4 is 5.32 Å². The molecule has 0 saturated carbocycles. The number of ether oxygens (including phenoxy) is 1. The van der Waals surface area contributed by atoms with E-state index in [9.17, 15) is 4.79 Å². The Kier molecular flexibility index (Phi) is 6.15. The summed E-state index contributed by atoms with van der Waals surface area (Å²) in [5.74, 6) is 2.03. The number of furan rings is 1. The first-order chi connectivity index (χ1) is 8.19. The van der Waals surface area contributed by atoms with Gasteiger partial charge in [-0.05, 0) is 18.7 Å². The van der Waals surface area contributed by atoms with E-state index in [1.807, 2.05) is 11.8 Å². The second kappa shape index (κ2) is 7.40. The number of nitrogens with one attached hydrogen (secondary N) is 1. The van der Waals surface area contributed by atoms with Crippen LogP contribution in [0.3, 0.4) is 0 Å². The largest absolute Gasteiger partial charge is 0.463 e. The fourth-order valence-electron chi connectivity index (χ4n) is 1.38. The van der Waals surface area contributed by atoms with Gasteiger partial charge in [-0.3, -0.25) is 0 Å². The van der Waals surface area contributed by atoms with Crippen LogP contribution in [-0.4, -0.2) is 30.6 Å². The Labute approximate surface area is 106 Å². The van der Waals surface area contributed by atoms with Crippen molar-refractivity contribution in [1.29, 1.82) is 0 Å². The number of methoxy groups -OCH3 is 1. The molecule has 1 unspecified atom stereocenters. The summed E-state index contributed by atoms with van der Waals surface area (Å²) in [5, 5.41) is 3.35. The maximum absolute atomic E-state index is 11.4. The second-order valence-electron chi connectivity index (χ2n) is 3.71. The first-order valence-electron chi connectivity index (χ1n) is 5.64. The van der Waals surface area contributed by atoms with Crippen LogP contribution in [0, 0.1) is 0 Å². The van der Waals surface area contributed by atoms with Gasteiger partial charge in [0, 0.05) is 23.9 Å². The normalized spacial score (nSPS) is 12.4. The number of esters is 1. The molecule has 5 heteroatoms. The van der Waals surface area contributed by atoms with Crippen molar-refractivity contribution in [2.24, 2.45) is 0 Å². The number of carbonyl (C=O) groups excluding carboxylic acids is 1. The predicted octanol–water partition coefficient (Wildman–Crippen LogP) is 2.30. The maximum Gasteiger partial charge on any atom is 0.374 e. The van der Waals surface area contributed by atoms with Crippen LogP contribution in [0.25, 0.3) is 0 Å². The van der Waals surface area contributed by atoms with Crippen molar-refractivity contribution < 1.29 is 13.9 Å². The number of rotatable bonds is 7. The molecule has 1 aromatic rings. The molecule has 0 bridgehead atoms. The van der Waals surface area contributed by atoms with Crippen LogP contribution in [0.2, 0.25) is 0 Å². The van der Waals surface area contributed by atoms with Gasteiger partial charge in [0.15, 0.2) is 0 Å². The summed E-state index contributed by atoms with van der Waals surface area (Å²) in [6.07, 6.45) is 1.51. The quantitative estimate of drug-likeness (QED) is 0.760. The predicted molar refractivity (Wildman–Crippen MR) is 69.3 cm³/mol. The van der Waals surface area contributed by atoms with Crippen molar-refractivity contribution in [1.82, 2.24) is 5.32 Å². The molecule has 1 aromatic heterocycles. The Morgan fingerprint density at radius 3 is 3.06 bits per heavy atom. The minimum absolute atomic E-state index is 0.287. The molecule has 1 heterocycles. The van der Waals surface area contributed by atoms with E-state index >= 15 is 0 Å². The van der Waals surface area contributed by atoms with Crippen molar-refractivity contribution >= 4 is 17.7 Å². The minimum Gasteiger partial charge on any atom is -0.463 e. The van der Waals surface area contributed by atoms with E-state index in [0.717, 1.165) is 17.1 Å². The van der Waals surface area contributed by atoms with Gasteiger partial charge in [-0.15, -0.1) is 0 Å². The Bertz CT molecular complexity index is 351. The Balaban J connectivity index is 2.46. The van der Waals surface area contributed by atoms with Crippen molar-refractivity contribution in [2.45, 2.75) is 26.4 Å². The molecule has 1 N–H and O–H groups in total. The molecular weight excluding hydrogens is 238 g/mol. The molecule has 0 aliphatic carbocycles. The molecule has 4 nitrogen and oxygen atoms in total. The Hall–Kier alpha value is -0.940. The molecule has 0 aromatic carbocycles. The van der Waals surface area contributed by atoms with Crippen molar-refractivity contribution in [2.75, 3.05) is 18.6 Å². The van der Waals surface area contributed by atoms with E-state index in [0.29, 0.717) is 12.6 Å². The SMILES string of the molecule is CCSCC(C)NCc1ccoc1C(=O)OC. The summed E-state index contributed by atoms with van der Waals surface area (Å²) < 4.78 is 9.75. The highest BCUT2D eigenvalue weighted by Crippen LogP contribution is 2.12.